The van der Waals surface area contributed by atoms with Crippen LogP contribution in [0, 0.1) is 0 Å². The summed E-state index contributed by atoms with van der Waals surface area (Å²) >= 11 is 0. The topological polar surface area (TPSA) is 74.5 Å². The first-order valence-electron chi connectivity index (χ1n) is 7.98. The number of carbonyl (C=O) groups is 1. The quantitative estimate of drug-likeness (QED) is 0.459. The first kappa shape index (κ1) is 19.2. The molecular weight excluding hydrogens is 377 g/mol. The smallest absolute Gasteiger partial charge is 0.452 e. The van der Waals surface area contributed by atoms with E-state index in [4.69, 9.17) is 9.26 Å². The van der Waals surface area contributed by atoms with Crippen molar-refractivity contribution in [2.24, 2.45) is 0 Å². The Balaban J connectivity index is 1.55. The number of hydrogen-bond acceptors (Lipinski definition) is 6. The van der Waals surface area contributed by atoms with Crippen LogP contribution in [0.15, 0.2) is 65.2 Å². The van der Waals surface area contributed by atoms with Crippen LogP contribution in [0.1, 0.15) is 11.5 Å². The fraction of sp³-hybridized carbons (Fsp3) is 0.105. The van der Waals surface area contributed by atoms with E-state index in [1.807, 2.05) is 30.3 Å². The molecule has 28 heavy (non-hydrogen) atoms. The van der Waals surface area contributed by atoms with E-state index in [9.17, 15) is 18.0 Å². The molecule has 3 aromatic rings. The third-order valence-electron chi connectivity index (χ3n) is 3.36. The monoisotopic (exact) mass is 390 g/mol. The molecule has 0 radical (unpaired) electrons. The Morgan fingerprint density at radius 1 is 1.07 bits per heavy atom. The second-order valence-corrected chi connectivity index (χ2v) is 5.44. The van der Waals surface area contributed by atoms with Gasteiger partial charge in [-0.05, 0) is 35.9 Å². The zero-order valence-corrected chi connectivity index (χ0v) is 14.2. The lowest BCUT2D eigenvalue weighted by Crippen LogP contribution is -2.16. The van der Waals surface area contributed by atoms with Gasteiger partial charge in [0.05, 0.1) is 0 Å². The molecule has 2 aromatic carbocycles. The Morgan fingerprint density at radius 2 is 1.79 bits per heavy atom. The second-order valence-electron chi connectivity index (χ2n) is 5.44. The summed E-state index contributed by atoms with van der Waals surface area (Å²) in [6.45, 7) is -0.236. The van der Waals surface area contributed by atoms with Crippen molar-refractivity contribution in [1.82, 2.24) is 10.1 Å². The van der Waals surface area contributed by atoms with Gasteiger partial charge in [-0.25, -0.2) is 4.79 Å². The number of hydrogen-bond donors (Lipinski definition) is 0. The van der Waals surface area contributed by atoms with Gasteiger partial charge in [0, 0.05) is 11.6 Å². The van der Waals surface area contributed by atoms with Crippen LogP contribution < -0.4 is 4.74 Å². The Labute approximate surface area is 157 Å². The van der Waals surface area contributed by atoms with Gasteiger partial charge >= 0.3 is 12.3 Å². The first-order valence-corrected chi connectivity index (χ1v) is 7.98. The zero-order valence-electron chi connectivity index (χ0n) is 14.2. The lowest BCUT2D eigenvalue weighted by atomic mass is 10.2. The van der Waals surface area contributed by atoms with Crippen molar-refractivity contribution in [1.29, 1.82) is 0 Å². The molecule has 0 aliphatic heterocycles. The van der Waals surface area contributed by atoms with Gasteiger partial charge in [0.1, 0.15) is 5.75 Å². The maximum Gasteiger partial charge on any atom is 0.573 e. The van der Waals surface area contributed by atoms with E-state index >= 15 is 0 Å². The molecule has 0 saturated heterocycles. The third kappa shape index (κ3) is 5.70. The van der Waals surface area contributed by atoms with Crippen LogP contribution >= 0.6 is 0 Å². The van der Waals surface area contributed by atoms with E-state index in [2.05, 4.69) is 14.9 Å². The van der Waals surface area contributed by atoms with Crippen molar-refractivity contribution in [3.8, 4) is 17.1 Å². The number of nitrogens with zero attached hydrogens (tertiary/aromatic N) is 2. The summed E-state index contributed by atoms with van der Waals surface area (Å²) in [7, 11) is 0. The van der Waals surface area contributed by atoms with Crippen LogP contribution in [0.4, 0.5) is 13.2 Å². The van der Waals surface area contributed by atoms with Crippen molar-refractivity contribution in [2.45, 2.75) is 13.0 Å². The molecule has 0 aliphatic carbocycles. The highest BCUT2D eigenvalue weighted by atomic mass is 19.4. The van der Waals surface area contributed by atoms with Crippen LogP contribution in [-0.2, 0) is 16.1 Å². The first-order chi connectivity index (χ1) is 13.4. The van der Waals surface area contributed by atoms with Gasteiger partial charge in [0.2, 0.25) is 5.82 Å². The normalized spacial score (nSPS) is 11.5. The van der Waals surface area contributed by atoms with Crippen LogP contribution in [0.5, 0.6) is 5.75 Å². The summed E-state index contributed by atoms with van der Waals surface area (Å²) < 4.78 is 50.2. The van der Waals surface area contributed by atoms with E-state index in [-0.39, 0.29) is 24.1 Å². The SMILES string of the molecule is O=C(C=Cc1ccccc1)OCc1nc(-c2ccc(OC(F)(F)F)cc2)no1. The molecule has 0 amide bonds. The average Bonchev–Trinajstić information content (AvgIpc) is 3.14. The molecule has 0 atom stereocenters. The molecule has 0 N–H and O–H groups in total. The van der Waals surface area contributed by atoms with E-state index in [1.54, 1.807) is 6.08 Å². The molecular formula is C19H13F3N2O4. The minimum absolute atomic E-state index is 0.0482. The van der Waals surface area contributed by atoms with Gasteiger partial charge < -0.3 is 14.0 Å². The second kappa shape index (κ2) is 8.38. The van der Waals surface area contributed by atoms with E-state index < -0.39 is 12.3 Å². The Bertz CT molecular complexity index is 951. The molecule has 0 bridgehead atoms. The lowest BCUT2D eigenvalue weighted by molar-refractivity contribution is -0.274. The summed E-state index contributed by atoms with van der Waals surface area (Å²) in [5.74, 6) is -0.757. The maximum absolute atomic E-state index is 12.2. The predicted octanol–water partition coefficient (Wildman–Crippen LogP) is 4.39. The van der Waals surface area contributed by atoms with Crippen molar-refractivity contribution < 1.29 is 32.0 Å². The van der Waals surface area contributed by atoms with Gasteiger partial charge in [-0.2, -0.15) is 4.98 Å². The predicted molar refractivity (Wildman–Crippen MR) is 91.7 cm³/mol. The molecule has 1 heterocycles. The van der Waals surface area contributed by atoms with E-state index in [1.165, 1.54) is 18.2 Å². The largest absolute Gasteiger partial charge is 0.573 e. The zero-order chi connectivity index (χ0) is 20.0. The molecule has 0 spiro atoms. The molecule has 6 nitrogen and oxygen atoms in total. The number of alkyl halides is 3. The number of ether oxygens (including phenoxy) is 2. The lowest BCUT2D eigenvalue weighted by Gasteiger charge is -2.08. The maximum atomic E-state index is 12.2. The Kier molecular flexibility index (Phi) is 5.73. The fourth-order valence-corrected chi connectivity index (χ4v) is 2.15. The van der Waals surface area contributed by atoms with Gasteiger partial charge in [0.15, 0.2) is 6.61 Å². The van der Waals surface area contributed by atoms with Crippen LogP contribution in [0.25, 0.3) is 17.5 Å². The average molecular weight is 390 g/mol. The van der Waals surface area contributed by atoms with Crippen LogP contribution in [0.3, 0.4) is 0 Å². The minimum atomic E-state index is -4.76. The number of halogens is 3. The van der Waals surface area contributed by atoms with Gasteiger partial charge in [0.25, 0.3) is 5.89 Å². The number of carbonyl (C=O) groups excluding carboxylic acids is 1. The Hall–Kier alpha value is -3.62. The van der Waals surface area contributed by atoms with Crippen molar-refractivity contribution in [3.05, 3.63) is 72.1 Å². The summed E-state index contributed by atoms with van der Waals surface area (Å²) in [6.07, 6.45) is -1.89. The van der Waals surface area contributed by atoms with Gasteiger partial charge in [-0.15, -0.1) is 13.2 Å². The highest BCUT2D eigenvalue weighted by molar-refractivity contribution is 5.86. The summed E-state index contributed by atoms with van der Waals surface area (Å²) in [6, 6.07) is 14.2. The molecule has 0 fully saturated rings. The van der Waals surface area contributed by atoms with Crippen molar-refractivity contribution in [2.75, 3.05) is 0 Å². The van der Waals surface area contributed by atoms with Crippen molar-refractivity contribution >= 4 is 12.0 Å². The molecule has 0 saturated carbocycles. The van der Waals surface area contributed by atoms with Crippen LogP contribution in [0.2, 0.25) is 0 Å². The number of benzene rings is 2. The Morgan fingerprint density at radius 3 is 2.46 bits per heavy atom. The molecule has 3 rings (SSSR count). The van der Waals surface area contributed by atoms with Gasteiger partial charge in [-0.3, -0.25) is 0 Å². The standard InChI is InChI=1S/C19H13F3N2O4/c20-19(21,22)27-15-9-7-14(8-10-15)18-23-16(28-24-18)12-26-17(25)11-6-13-4-2-1-3-5-13/h1-11H,12H2. The highest BCUT2D eigenvalue weighted by Crippen LogP contribution is 2.25. The number of aromatic nitrogens is 2. The summed E-state index contributed by atoms with van der Waals surface area (Å²) in [5, 5.41) is 3.70. The van der Waals surface area contributed by atoms with E-state index in [0.717, 1.165) is 17.7 Å². The molecule has 0 aliphatic rings. The van der Waals surface area contributed by atoms with E-state index in [0.29, 0.717) is 5.56 Å². The fourth-order valence-electron chi connectivity index (χ4n) is 2.15. The van der Waals surface area contributed by atoms with Gasteiger partial charge in [-0.1, -0.05) is 35.5 Å². The molecule has 9 heteroatoms. The molecule has 0 unspecified atom stereocenters. The summed E-state index contributed by atoms with van der Waals surface area (Å²) in [5.41, 5.74) is 1.26. The summed E-state index contributed by atoms with van der Waals surface area (Å²) in [4.78, 5) is 15.7. The van der Waals surface area contributed by atoms with Crippen LogP contribution in [-0.4, -0.2) is 22.5 Å². The third-order valence-corrected chi connectivity index (χ3v) is 3.36. The highest BCUT2D eigenvalue weighted by Gasteiger charge is 2.31. The molecule has 1 aromatic heterocycles. The minimum Gasteiger partial charge on any atom is -0.452 e. The number of esters is 1. The number of rotatable bonds is 6. The molecule has 144 valence electrons. The van der Waals surface area contributed by atoms with Crippen molar-refractivity contribution in [3.63, 3.8) is 0 Å².